The van der Waals surface area contributed by atoms with E-state index in [9.17, 15) is 13.2 Å². The van der Waals surface area contributed by atoms with Gasteiger partial charge in [-0.2, -0.15) is 0 Å². The fourth-order valence-corrected chi connectivity index (χ4v) is 1.53. The van der Waals surface area contributed by atoms with Crippen molar-refractivity contribution in [3.05, 3.63) is 29.8 Å². The first-order valence-corrected chi connectivity index (χ1v) is 6.32. The molecule has 1 rings (SSSR count). The highest BCUT2D eigenvalue weighted by atomic mass is 127. The van der Waals surface area contributed by atoms with Crippen LogP contribution in [0.1, 0.15) is 19.4 Å². The van der Waals surface area contributed by atoms with Crippen LogP contribution in [-0.4, -0.2) is 25.4 Å². The summed E-state index contributed by atoms with van der Waals surface area (Å²) in [4.78, 5) is 4.21. The molecule has 0 spiro atoms. The summed E-state index contributed by atoms with van der Waals surface area (Å²) in [6.07, 6.45) is -4.70. The van der Waals surface area contributed by atoms with Gasteiger partial charge in [0.25, 0.3) is 0 Å². The van der Waals surface area contributed by atoms with E-state index in [1.807, 2.05) is 13.8 Å². The van der Waals surface area contributed by atoms with Crippen molar-refractivity contribution in [3.63, 3.8) is 0 Å². The molecule has 0 radical (unpaired) electrons. The molecule has 8 heteroatoms. The number of hydrogen-bond donors (Lipinski definition) is 2. The Morgan fingerprint density at radius 1 is 1.14 bits per heavy atom. The fourth-order valence-electron chi connectivity index (χ4n) is 1.53. The molecule has 0 unspecified atom stereocenters. The van der Waals surface area contributed by atoms with Gasteiger partial charge in [0, 0.05) is 18.7 Å². The maximum atomic E-state index is 12.3. The van der Waals surface area contributed by atoms with Gasteiger partial charge >= 0.3 is 6.36 Å². The Balaban J connectivity index is 0.00000400. The average Bonchev–Trinajstić information content (AvgIpc) is 2.36. The largest absolute Gasteiger partial charge is 0.573 e. The molecule has 2 N–H and O–H groups in total. The molecule has 0 aliphatic heterocycles. The molecule has 0 bridgehead atoms. The summed E-state index contributed by atoms with van der Waals surface area (Å²) in [7, 11) is 0. The van der Waals surface area contributed by atoms with Crippen molar-refractivity contribution in [2.75, 3.05) is 13.1 Å². The number of para-hydroxylation sites is 1. The highest BCUT2D eigenvalue weighted by Crippen LogP contribution is 2.26. The lowest BCUT2D eigenvalue weighted by Gasteiger charge is -2.13. The monoisotopic (exact) mass is 417 g/mol. The Morgan fingerprint density at radius 3 is 2.24 bits per heavy atom. The van der Waals surface area contributed by atoms with Crippen molar-refractivity contribution in [3.8, 4) is 5.75 Å². The fraction of sp³-hybridized carbons (Fsp3) is 0.462. The Morgan fingerprint density at radius 2 is 1.71 bits per heavy atom. The van der Waals surface area contributed by atoms with E-state index in [2.05, 4.69) is 20.4 Å². The zero-order valence-corrected chi connectivity index (χ0v) is 14.2. The molecule has 0 atom stereocenters. The summed E-state index contributed by atoms with van der Waals surface area (Å²) < 4.78 is 40.8. The standard InChI is InChI=1S/C13H18F3N3O.HI/c1-3-17-12(18-4-2)19-9-10-7-5-6-8-11(10)20-13(14,15)16;/h5-8H,3-4,9H2,1-2H3,(H2,17,18,19);1H. The number of ether oxygens (including phenoxy) is 1. The van der Waals surface area contributed by atoms with E-state index in [0.29, 0.717) is 24.6 Å². The minimum Gasteiger partial charge on any atom is -0.405 e. The summed E-state index contributed by atoms with van der Waals surface area (Å²) in [6, 6.07) is 5.97. The molecular formula is C13H19F3IN3O. The van der Waals surface area contributed by atoms with Gasteiger partial charge in [-0.1, -0.05) is 18.2 Å². The molecule has 0 aliphatic carbocycles. The molecular weight excluding hydrogens is 398 g/mol. The van der Waals surface area contributed by atoms with Crippen LogP contribution in [0.15, 0.2) is 29.3 Å². The normalized spacial score (nSPS) is 10.3. The molecule has 0 saturated carbocycles. The molecule has 0 saturated heterocycles. The zero-order chi connectivity index (χ0) is 15.0. The van der Waals surface area contributed by atoms with E-state index >= 15 is 0 Å². The first kappa shape index (κ1) is 19.8. The minimum atomic E-state index is -4.70. The van der Waals surface area contributed by atoms with Crippen molar-refractivity contribution < 1.29 is 17.9 Å². The summed E-state index contributed by atoms with van der Waals surface area (Å²) in [5.41, 5.74) is 0.373. The van der Waals surface area contributed by atoms with Crippen molar-refractivity contribution in [2.24, 2.45) is 4.99 Å². The first-order valence-electron chi connectivity index (χ1n) is 6.32. The van der Waals surface area contributed by atoms with E-state index in [1.165, 1.54) is 12.1 Å². The van der Waals surface area contributed by atoms with E-state index in [1.54, 1.807) is 12.1 Å². The van der Waals surface area contributed by atoms with Crippen molar-refractivity contribution >= 4 is 29.9 Å². The Labute approximate surface area is 139 Å². The number of nitrogens with one attached hydrogen (secondary N) is 2. The first-order chi connectivity index (χ1) is 9.46. The van der Waals surface area contributed by atoms with Crippen LogP contribution in [-0.2, 0) is 6.54 Å². The number of halogens is 4. The molecule has 1 aromatic carbocycles. The predicted octanol–water partition coefficient (Wildman–Crippen LogP) is 3.28. The Kier molecular flexibility index (Phi) is 9.14. The maximum absolute atomic E-state index is 12.3. The highest BCUT2D eigenvalue weighted by molar-refractivity contribution is 14.0. The van der Waals surface area contributed by atoms with Gasteiger partial charge in [-0.3, -0.25) is 0 Å². The quantitative estimate of drug-likeness (QED) is 0.439. The highest BCUT2D eigenvalue weighted by Gasteiger charge is 2.31. The van der Waals surface area contributed by atoms with Crippen LogP contribution in [0.5, 0.6) is 5.75 Å². The van der Waals surface area contributed by atoms with Gasteiger partial charge in [-0.25, -0.2) is 4.99 Å². The molecule has 0 amide bonds. The molecule has 1 aromatic rings. The third-order valence-corrected chi connectivity index (χ3v) is 2.29. The second-order valence-corrected chi connectivity index (χ2v) is 3.88. The van der Waals surface area contributed by atoms with Crippen LogP contribution in [0.4, 0.5) is 13.2 Å². The average molecular weight is 417 g/mol. The van der Waals surface area contributed by atoms with Crippen LogP contribution in [0.2, 0.25) is 0 Å². The zero-order valence-electron chi connectivity index (χ0n) is 11.8. The maximum Gasteiger partial charge on any atom is 0.573 e. The topological polar surface area (TPSA) is 45.7 Å². The Hall–Kier alpha value is -1.19. The number of aliphatic imine (C=N–C) groups is 1. The van der Waals surface area contributed by atoms with Crippen LogP contribution < -0.4 is 15.4 Å². The number of benzene rings is 1. The molecule has 4 nitrogen and oxygen atoms in total. The van der Waals surface area contributed by atoms with E-state index in [-0.39, 0.29) is 36.3 Å². The lowest BCUT2D eigenvalue weighted by Crippen LogP contribution is -2.37. The summed E-state index contributed by atoms with van der Waals surface area (Å²) in [5, 5.41) is 5.99. The number of alkyl halides is 3. The van der Waals surface area contributed by atoms with Crippen molar-refractivity contribution in [1.82, 2.24) is 10.6 Å². The number of nitrogens with zero attached hydrogens (tertiary/aromatic N) is 1. The summed E-state index contributed by atoms with van der Waals surface area (Å²) >= 11 is 0. The Bertz CT molecular complexity index is 445. The third kappa shape index (κ3) is 7.98. The van der Waals surface area contributed by atoms with E-state index in [4.69, 9.17) is 0 Å². The van der Waals surface area contributed by atoms with Gasteiger partial charge in [0.05, 0.1) is 6.54 Å². The smallest absolute Gasteiger partial charge is 0.405 e. The van der Waals surface area contributed by atoms with Gasteiger partial charge in [0.2, 0.25) is 0 Å². The predicted molar refractivity (Wildman–Crippen MR) is 87.0 cm³/mol. The number of rotatable bonds is 5. The summed E-state index contributed by atoms with van der Waals surface area (Å²) in [5.74, 6) is 0.327. The summed E-state index contributed by atoms with van der Waals surface area (Å²) in [6.45, 7) is 5.27. The van der Waals surface area contributed by atoms with Gasteiger partial charge in [0.1, 0.15) is 5.75 Å². The van der Waals surface area contributed by atoms with Crippen molar-refractivity contribution in [2.45, 2.75) is 26.8 Å². The molecule has 120 valence electrons. The van der Waals surface area contributed by atoms with Gasteiger partial charge < -0.3 is 15.4 Å². The van der Waals surface area contributed by atoms with E-state index < -0.39 is 6.36 Å². The van der Waals surface area contributed by atoms with Gasteiger partial charge in [0.15, 0.2) is 5.96 Å². The van der Waals surface area contributed by atoms with Crippen LogP contribution in [0, 0.1) is 0 Å². The number of hydrogen-bond acceptors (Lipinski definition) is 2. The van der Waals surface area contributed by atoms with E-state index in [0.717, 1.165) is 0 Å². The van der Waals surface area contributed by atoms with Crippen molar-refractivity contribution in [1.29, 1.82) is 0 Å². The molecule has 0 heterocycles. The molecule has 0 aliphatic rings. The second kappa shape index (κ2) is 9.69. The number of guanidine groups is 1. The van der Waals surface area contributed by atoms with Gasteiger partial charge in [-0.15, -0.1) is 37.1 Å². The molecule has 0 fully saturated rings. The van der Waals surface area contributed by atoms with Gasteiger partial charge in [-0.05, 0) is 19.9 Å². The molecule has 21 heavy (non-hydrogen) atoms. The lowest BCUT2D eigenvalue weighted by atomic mass is 10.2. The third-order valence-electron chi connectivity index (χ3n) is 2.29. The molecule has 0 aromatic heterocycles. The minimum absolute atomic E-state index is 0. The lowest BCUT2D eigenvalue weighted by molar-refractivity contribution is -0.274. The SMILES string of the molecule is CCNC(=NCc1ccccc1OC(F)(F)F)NCC.I. The van der Waals surface area contributed by atoms with Crippen LogP contribution in [0.25, 0.3) is 0 Å². The second-order valence-electron chi connectivity index (χ2n) is 3.88. The van der Waals surface area contributed by atoms with Crippen LogP contribution >= 0.6 is 24.0 Å². The van der Waals surface area contributed by atoms with Crippen LogP contribution in [0.3, 0.4) is 0 Å².